The van der Waals surface area contributed by atoms with Crippen LogP contribution in [0.2, 0.25) is 0 Å². The smallest absolute Gasteiger partial charge is 0.369 e. The zero-order valence-electron chi connectivity index (χ0n) is 12.3. The van der Waals surface area contributed by atoms with Gasteiger partial charge in [0.2, 0.25) is 11.0 Å². The largest absolute Gasteiger partial charge is 0.416 e. The molecule has 128 valence electrons. The summed E-state index contributed by atoms with van der Waals surface area (Å²) in [5, 5.41) is 1.61. The van der Waals surface area contributed by atoms with E-state index in [4.69, 9.17) is 5.73 Å². The highest BCUT2D eigenvalue weighted by molar-refractivity contribution is 7.13. The van der Waals surface area contributed by atoms with E-state index in [1.807, 2.05) is 0 Å². The summed E-state index contributed by atoms with van der Waals surface area (Å²) < 4.78 is 38.5. The van der Waals surface area contributed by atoms with Gasteiger partial charge >= 0.3 is 12.1 Å². The number of rotatable bonds is 5. The second-order valence-corrected chi connectivity index (χ2v) is 5.59. The van der Waals surface area contributed by atoms with Crippen molar-refractivity contribution in [3.63, 3.8) is 0 Å². The summed E-state index contributed by atoms with van der Waals surface area (Å²) in [4.78, 5) is 31.0. The van der Waals surface area contributed by atoms with Crippen LogP contribution < -0.4 is 11.2 Å². The van der Waals surface area contributed by atoms with Gasteiger partial charge in [0.15, 0.2) is 0 Å². The molecule has 2 aromatic rings. The third-order valence-corrected chi connectivity index (χ3v) is 3.69. The van der Waals surface area contributed by atoms with Gasteiger partial charge in [0.25, 0.3) is 0 Å². The molecule has 6 nitrogen and oxygen atoms in total. The molecule has 1 heterocycles. The first-order valence-electron chi connectivity index (χ1n) is 6.54. The van der Waals surface area contributed by atoms with Gasteiger partial charge in [-0.25, -0.2) is 4.98 Å². The Morgan fingerprint density at radius 2 is 2.08 bits per heavy atom. The van der Waals surface area contributed by atoms with Crippen molar-refractivity contribution in [3.05, 3.63) is 46.5 Å². The maximum Gasteiger partial charge on any atom is 0.416 e. The normalized spacial score (nSPS) is 12.5. The van der Waals surface area contributed by atoms with Crippen LogP contribution >= 0.6 is 11.3 Å². The number of carbonyl (C=O) groups excluding carboxylic acids is 2. The molecule has 10 heteroatoms. The van der Waals surface area contributed by atoms with Gasteiger partial charge in [0, 0.05) is 12.3 Å². The lowest BCUT2D eigenvalue weighted by atomic mass is 9.94. The van der Waals surface area contributed by atoms with E-state index in [0.717, 1.165) is 23.5 Å². The van der Waals surface area contributed by atoms with Crippen LogP contribution in [0.3, 0.4) is 0 Å². The van der Waals surface area contributed by atoms with Gasteiger partial charge in [-0.1, -0.05) is 18.2 Å². The van der Waals surface area contributed by atoms with E-state index in [2.05, 4.69) is 15.3 Å². The van der Waals surface area contributed by atoms with Gasteiger partial charge in [-0.3, -0.25) is 9.59 Å². The maximum absolute atomic E-state index is 12.8. The minimum Gasteiger partial charge on any atom is -0.369 e. The lowest BCUT2D eigenvalue weighted by Gasteiger charge is -2.14. The van der Waals surface area contributed by atoms with E-state index < -0.39 is 29.5 Å². The van der Waals surface area contributed by atoms with E-state index in [-0.39, 0.29) is 16.4 Å². The molecule has 0 saturated carbocycles. The Balaban J connectivity index is 2.34. The lowest BCUT2D eigenvalue weighted by molar-refractivity contribution is -0.138. The van der Waals surface area contributed by atoms with Crippen molar-refractivity contribution in [2.75, 3.05) is 5.48 Å². The Morgan fingerprint density at radius 1 is 1.38 bits per heavy atom. The molecule has 24 heavy (non-hydrogen) atoms. The highest BCUT2D eigenvalue weighted by Gasteiger charge is 2.32. The first kappa shape index (κ1) is 17.7. The van der Waals surface area contributed by atoms with Crippen molar-refractivity contribution in [1.29, 1.82) is 0 Å². The average molecular weight is 359 g/mol. The summed E-state index contributed by atoms with van der Waals surface area (Å²) in [6, 6.07) is 4.31. The number of hydrogen-bond acceptors (Lipinski definition) is 6. The molecule has 0 aliphatic rings. The second-order valence-electron chi connectivity index (χ2n) is 4.73. The zero-order valence-corrected chi connectivity index (χ0v) is 13.1. The SMILES string of the molecule is CC(=O)ONc1nc(C(C(N)=O)c2cccc(C(F)(F)F)c2)cs1. The molecule has 0 fully saturated rings. The highest BCUT2D eigenvalue weighted by atomic mass is 32.1. The van der Waals surface area contributed by atoms with Crippen LogP contribution in [-0.2, 0) is 20.6 Å². The number of hydrogen-bond donors (Lipinski definition) is 2. The standard InChI is InChI=1S/C14H12F3N3O3S/c1-7(21)23-20-13-19-10(6-24-13)11(12(18)22)8-3-2-4-9(5-8)14(15,16)17/h2-6,11H,1H3,(H2,18,22)(H,19,20). The summed E-state index contributed by atoms with van der Waals surface area (Å²) >= 11 is 1.01. The lowest BCUT2D eigenvalue weighted by Crippen LogP contribution is -2.23. The number of primary amides is 1. The van der Waals surface area contributed by atoms with Gasteiger partial charge in [0.1, 0.15) is 5.92 Å². The molecular weight excluding hydrogens is 347 g/mol. The predicted molar refractivity (Wildman–Crippen MR) is 80.0 cm³/mol. The Morgan fingerprint density at radius 3 is 2.67 bits per heavy atom. The molecule has 0 aliphatic carbocycles. The third kappa shape index (κ3) is 4.22. The minimum atomic E-state index is -4.54. The molecule has 3 N–H and O–H groups in total. The molecule has 1 unspecified atom stereocenters. The van der Waals surface area contributed by atoms with Gasteiger partial charge in [0.05, 0.1) is 11.3 Å². The number of amides is 1. The van der Waals surface area contributed by atoms with E-state index in [1.54, 1.807) is 0 Å². The van der Waals surface area contributed by atoms with Crippen molar-refractivity contribution < 1.29 is 27.6 Å². The summed E-state index contributed by atoms with van der Waals surface area (Å²) in [5.74, 6) is -2.61. The number of thiazole rings is 1. The van der Waals surface area contributed by atoms with E-state index >= 15 is 0 Å². The average Bonchev–Trinajstić information content (AvgIpc) is 2.93. The Hall–Kier alpha value is -2.62. The number of aromatic nitrogens is 1. The fraction of sp³-hybridized carbons (Fsp3) is 0.214. The number of anilines is 1. The number of halogens is 3. The molecule has 0 radical (unpaired) electrons. The number of nitrogens with two attached hydrogens (primary N) is 1. The Bertz CT molecular complexity index is 761. The quantitative estimate of drug-likeness (QED) is 0.801. The summed E-state index contributed by atoms with van der Waals surface area (Å²) in [6.45, 7) is 1.18. The fourth-order valence-electron chi connectivity index (χ4n) is 1.96. The molecule has 0 spiro atoms. The third-order valence-electron chi connectivity index (χ3n) is 2.93. The van der Waals surface area contributed by atoms with Crippen LogP contribution in [0.1, 0.15) is 29.7 Å². The summed E-state index contributed by atoms with van der Waals surface area (Å²) in [5.41, 5.74) is 6.94. The number of nitrogens with zero attached hydrogens (tertiary/aromatic N) is 1. The van der Waals surface area contributed by atoms with Crippen LogP contribution in [0.4, 0.5) is 18.3 Å². The highest BCUT2D eigenvalue weighted by Crippen LogP contribution is 2.33. The van der Waals surface area contributed by atoms with Crippen LogP contribution in [0.25, 0.3) is 0 Å². The van der Waals surface area contributed by atoms with Crippen LogP contribution in [-0.4, -0.2) is 16.9 Å². The number of nitrogens with one attached hydrogen (secondary N) is 1. The maximum atomic E-state index is 12.8. The molecule has 1 amide bonds. The molecule has 1 aromatic heterocycles. The Labute approximate surface area is 138 Å². The molecular formula is C14H12F3N3O3S. The first-order chi connectivity index (χ1) is 11.2. The molecule has 0 bridgehead atoms. The Kier molecular flexibility index (Phi) is 5.07. The van der Waals surface area contributed by atoms with Crippen molar-refractivity contribution in [1.82, 2.24) is 4.98 Å². The van der Waals surface area contributed by atoms with Crippen molar-refractivity contribution in [3.8, 4) is 0 Å². The monoisotopic (exact) mass is 359 g/mol. The minimum absolute atomic E-state index is 0.0710. The number of carbonyl (C=O) groups is 2. The summed E-state index contributed by atoms with van der Waals surface area (Å²) in [6.07, 6.45) is -4.54. The van der Waals surface area contributed by atoms with Gasteiger partial charge < -0.3 is 10.6 Å². The summed E-state index contributed by atoms with van der Waals surface area (Å²) in [7, 11) is 0. The van der Waals surface area contributed by atoms with Gasteiger partial charge in [-0.05, 0) is 11.6 Å². The van der Waals surface area contributed by atoms with Crippen molar-refractivity contribution in [2.24, 2.45) is 5.73 Å². The first-order valence-corrected chi connectivity index (χ1v) is 7.41. The van der Waals surface area contributed by atoms with E-state index in [0.29, 0.717) is 0 Å². The van der Waals surface area contributed by atoms with Gasteiger partial charge in [-0.2, -0.15) is 18.7 Å². The predicted octanol–water partition coefficient (Wildman–Crippen LogP) is 2.67. The van der Waals surface area contributed by atoms with Crippen molar-refractivity contribution in [2.45, 2.75) is 19.0 Å². The van der Waals surface area contributed by atoms with Crippen LogP contribution in [0.15, 0.2) is 29.6 Å². The van der Waals surface area contributed by atoms with Gasteiger partial charge in [-0.15, -0.1) is 11.3 Å². The van der Waals surface area contributed by atoms with Crippen molar-refractivity contribution >= 4 is 28.3 Å². The molecule has 0 aliphatic heterocycles. The molecule has 0 saturated heterocycles. The fourth-order valence-corrected chi connectivity index (χ4v) is 2.63. The van der Waals surface area contributed by atoms with Crippen LogP contribution in [0, 0.1) is 0 Å². The van der Waals surface area contributed by atoms with Crippen LogP contribution in [0.5, 0.6) is 0 Å². The zero-order chi connectivity index (χ0) is 17.9. The molecule has 2 rings (SSSR count). The number of benzene rings is 1. The molecule has 1 atom stereocenters. The van der Waals surface area contributed by atoms with E-state index in [9.17, 15) is 22.8 Å². The number of alkyl halides is 3. The molecule has 1 aromatic carbocycles. The topological polar surface area (TPSA) is 94.3 Å². The van der Waals surface area contributed by atoms with E-state index in [1.165, 1.54) is 24.4 Å². The second kappa shape index (κ2) is 6.87.